The van der Waals surface area contributed by atoms with Crippen LogP contribution in [0, 0.1) is 0 Å². The fourth-order valence-corrected chi connectivity index (χ4v) is 4.42. The van der Waals surface area contributed by atoms with Crippen LogP contribution in [0.1, 0.15) is 32.6 Å². The molecule has 0 amide bonds. The number of rotatable bonds is 5. The van der Waals surface area contributed by atoms with Crippen molar-refractivity contribution in [2.45, 2.75) is 48.8 Å². The minimum atomic E-state index is -0.884. The van der Waals surface area contributed by atoms with Crippen LogP contribution < -0.4 is 5.32 Å². The molecule has 1 aromatic rings. The first-order chi connectivity index (χ1) is 8.72. The molecule has 0 aromatic heterocycles. The van der Waals surface area contributed by atoms with Crippen molar-refractivity contribution in [3.05, 3.63) is 28.7 Å². The Morgan fingerprint density at radius 1 is 1.33 bits per heavy atom. The molecule has 2 nitrogen and oxygen atoms in total. The topological polar surface area (TPSA) is 29.1 Å². The quantitative estimate of drug-likeness (QED) is 0.896. The van der Waals surface area contributed by atoms with Gasteiger partial charge >= 0.3 is 0 Å². The highest BCUT2D eigenvalue weighted by Gasteiger charge is 2.31. The lowest BCUT2D eigenvalue weighted by molar-refractivity contribution is 0.523. The third-order valence-electron chi connectivity index (χ3n) is 3.43. The summed E-state index contributed by atoms with van der Waals surface area (Å²) in [6, 6.07) is 8.30. The summed E-state index contributed by atoms with van der Waals surface area (Å²) in [4.78, 5) is 0.952. The van der Waals surface area contributed by atoms with E-state index in [1.165, 1.54) is 6.42 Å². The first-order valence-electron chi connectivity index (χ1n) is 6.62. The molecule has 1 aromatic carbocycles. The van der Waals surface area contributed by atoms with Gasteiger partial charge in [-0.15, -0.1) is 0 Å². The fraction of sp³-hybridized carbons (Fsp3) is 0.571. The number of nitrogens with one attached hydrogen (secondary N) is 1. The van der Waals surface area contributed by atoms with Crippen LogP contribution >= 0.6 is 15.9 Å². The van der Waals surface area contributed by atoms with Crippen LogP contribution in [0.4, 0.5) is 0 Å². The largest absolute Gasteiger partial charge is 0.313 e. The van der Waals surface area contributed by atoms with E-state index in [9.17, 15) is 4.21 Å². The molecule has 1 saturated carbocycles. The third kappa shape index (κ3) is 3.43. The van der Waals surface area contributed by atoms with E-state index < -0.39 is 10.8 Å². The summed E-state index contributed by atoms with van der Waals surface area (Å²) in [5.74, 6) is 0. The molecule has 3 unspecified atom stereocenters. The summed E-state index contributed by atoms with van der Waals surface area (Å²) in [6.07, 6.45) is 4.56. The van der Waals surface area contributed by atoms with E-state index >= 15 is 0 Å². The summed E-state index contributed by atoms with van der Waals surface area (Å²) in [5.41, 5.74) is 0. The van der Waals surface area contributed by atoms with Gasteiger partial charge in [-0.2, -0.15) is 0 Å². The molecule has 0 aliphatic heterocycles. The maximum Gasteiger partial charge on any atom is 0.0576 e. The maximum atomic E-state index is 12.6. The molecule has 18 heavy (non-hydrogen) atoms. The zero-order valence-electron chi connectivity index (χ0n) is 10.7. The van der Waals surface area contributed by atoms with Gasteiger partial charge in [0.15, 0.2) is 0 Å². The van der Waals surface area contributed by atoms with Gasteiger partial charge in [-0.1, -0.05) is 29.3 Å². The van der Waals surface area contributed by atoms with Crippen molar-refractivity contribution in [2.75, 3.05) is 6.54 Å². The average Bonchev–Trinajstić information content (AvgIpc) is 2.84. The molecule has 0 saturated heterocycles. The molecule has 0 spiro atoms. The van der Waals surface area contributed by atoms with Gasteiger partial charge in [0.05, 0.1) is 16.0 Å². The summed E-state index contributed by atoms with van der Waals surface area (Å²) in [6.45, 7) is 3.20. The van der Waals surface area contributed by atoms with Crippen LogP contribution in [-0.2, 0) is 10.8 Å². The monoisotopic (exact) mass is 329 g/mol. The molecule has 4 heteroatoms. The minimum absolute atomic E-state index is 0.276. The van der Waals surface area contributed by atoms with Crippen molar-refractivity contribution in [2.24, 2.45) is 0 Å². The van der Waals surface area contributed by atoms with Gasteiger partial charge in [0.2, 0.25) is 0 Å². The van der Waals surface area contributed by atoms with Crippen LogP contribution in [0.15, 0.2) is 33.6 Å². The van der Waals surface area contributed by atoms with Crippen molar-refractivity contribution in [1.82, 2.24) is 5.32 Å². The summed E-state index contributed by atoms with van der Waals surface area (Å²) >= 11 is 3.41. The lowest BCUT2D eigenvalue weighted by atomic mass is 10.2. The molecule has 1 N–H and O–H groups in total. The summed E-state index contributed by atoms with van der Waals surface area (Å²) in [5, 5.41) is 3.82. The van der Waals surface area contributed by atoms with Crippen molar-refractivity contribution in [1.29, 1.82) is 0 Å². The number of benzene rings is 1. The van der Waals surface area contributed by atoms with E-state index in [-0.39, 0.29) is 5.25 Å². The van der Waals surface area contributed by atoms with Crippen LogP contribution in [-0.4, -0.2) is 22.0 Å². The van der Waals surface area contributed by atoms with E-state index in [1.807, 2.05) is 24.3 Å². The minimum Gasteiger partial charge on any atom is -0.313 e. The lowest BCUT2D eigenvalue weighted by Gasteiger charge is -2.20. The van der Waals surface area contributed by atoms with Gasteiger partial charge in [-0.3, -0.25) is 4.21 Å². The smallest absolute Gasteiger partial charge is 0.0576 e. The molecule has 2 rings (SSSR count). The molecular formula is C14H20BrNOS. The van der Waals surface area contributed by atoms with E-state index in [4.69, 9.17) is 0 Å². The predicted molar refractivity (Wildman–Crippen MR) is 80.3 cm³/mol. The third-order valence-corrected chi connectivity index (χ3v) is 5.81. The molecule has 1 aliphatic rings. The van der Waals surface area contributed by atoms with E-state index in [1.54, 1.807) is 0 Å². The van der Waals surface area contributed by atoms with E-state index in [0.717, 1.165) is 35.2 Å². The van der Waals surface area contributed by atoms with Crippen molar-refractivity contribution < 1.29 is 4.21 Å². The molecule has 1 aliphatic carbocycles. The Balaban J connectivity index is 2.05. The zero-order chi connectivity index (χ0) is 13.0. The Hall–Kier alpha value is -0.190. The Bertz CT molecular complexity index is 407. The van der Waals surface area contributed by atoms with Gasteiger partial charge in [-0.05, 0) is 50.1 Å². The van der Waals surface area contributed by atoms with Gasteiger partial charge in [0.1, 0.15) is 0 Å². The fourth-order valence-electron chi connectivity index (χ4n) is 2.49. The normalized spacial score (nSPS) is 25.2. The Kier molecular flexibility index (Phi) is 5.39. The second-order valence-corrected chi connectivity index (χ2v) is 7.37. The molecule has 0 bridgehead atoms. The standard InChI is InChI=1S/C14H20BrNOS/c1-2-10-16-13-4-3-5-14(13)18(17)12-8-6-11(15)7-9-12/h6-9,13-14,16H,2-5,10H2,1H3. The molecule has 0 heterocycles. The average molecular weight is 330 g/mol. The summed E-state index contributed by atoms with van der Waals surface area (Å²) in [7, 11) is -0.884. The van der Waals surface area contributed by atoms with Gasteiger partial charge in [-0.25, -0.2) is 0 Å². The second-order valence-electron chi connectivity index (χ2n) is 4.78. The van der Waals surface area contributed by atoms with Crippen LogP contribution in [0.3, 0.4) is 0 Å². The molecule has 1 fully saturated rings. The van der Waals surface area contributed by atoms with Crippen LogP contribution in [0.2, 0.25) is 0 Å². The van der Waals surface area contributed by atoms with Crippen molar-refractivity contribution in [3.8, 4) is 0 Å². The Labute approximate surface area is 120 Å². The predicted octanol–water partition coefficient (Wildman–Crippen LogP) is 3.48. The number of halogens is 1. The van der Waals surface area contributed by atoms with Gasteiger partial charge in [0, 0.05) is 15.4 Å². The van der Waals surface area contributed by atoms with Crippen molar-refractivity contribution >= 4 is 26.7 Å². The Morgan fingerprint density at radius 2 is 2.06 bits per heavy atom. The maximum absolute atomic E-state index is 12.6. The highest BCUT2D eigenvalue weighted by atomic mass is 79.9. The van der Waals surface area contributed by atoms with Crippen LogP contribution in [0.25, 0.3) is 0 Å². The highest BCUT2D eigenvalue weighted by Crippen LogP contribution is 2.28. The summed E-state index contributed by atoms with van der Waals surface area (Å²) < 4.78 is 13.6. The lowest BCUT2D eigenvalue weighted by Crippen LogP contribution is -2.38. The molecular weight excluding hydrogens is 310 g/mol. The second kappa shape index (κ2) is 6.83. The highest BCUT2D eigenvalue weighted by molar-refractivity contribution is 9.10. The van der Waals surface area contributed by atoms with Crippen molar-refractivity contribution in [3.63, 3.8) is 0 Å². The SMILES string of the molecule is CCCNC1CCCC1S(=O)c1ccc(Br)cc1. The number of hydrogen-bond donors (Lipinski definition) is 1. The van der Waals surface area contributed by atoms with Gasteiger partial charge < -0.3 is 5.32 Å². The first kappa shape index (κ1) is 14.2. The molecule has 0 radical (unpaired) electrons. The van der Waals surface area contributed by atoms with Gasteiger partial charge in [0.25, 0.3) is 0 Å². The number of hydrogen-bond acceptors (Lipinski definition) is 2. The first-order valence-corrected chi connectivity index (χ1v) is 8.62. The van der Waals surface area contributed by atoms with E-state index in [0.29, 0.717) is 6.04 Å². The van der Waals surface area contributed by atoms with E-state index in [2.05, 4.69) is 28.2 Å². The van der Waals surface area contributed by atoms with Crippen LogP contribution in [0.5, 0.6) is 0 Å². The molecule has 3 atom stereocenters. The zero-order valence-corrected chi connectivity index (χ0v) is 13.1. The Morgan fingerprint density at radius 3 is 2.72 bits per heavy atom. The molecule has 100 valence electrons.